The smallest absolute Gasteiger partial charge is 0.0596 e. The van der Waals surface area contributed by atoms with Gasteiger partial charge in [0, 0.05) is 25.2 Å². The van der Waals surface area contributed by atoms with Crippen LogP contribution in [0.1, 0.15) is 37.6 Å². The van der Waals surface area contributed by atoms with Gasteiger partial charge in [-0.3, -0.25) is 16.0 Å². The molecule has 3 atom stereocenters. The van der Waals surface area contributed by atoms with E-state index in [1.54, 1.807) is 0 Å². The van der Waals surface area contributed by atoms with Crippen molar-refractivity contribution in [1.82, 2.24) is 15.2 Å². The van der Waals surface area contributed by atoms with E-state index in [2.05, 4.69) is 23.5 Å². The summed E-state index contributed by atoms with van der Waals surface area (Å²) in [4.78, 5) is 0. The van der Waals surface area contributed by atoms with Gasteiger partial charge in [-0.05, 0) is 31.2 Å². The minimum atomic E-state index is 0.377. The lowest BCUT2D eigenvalue weighted by molar-refractivity contribution is 0.294. The molecule has 0 aliphatic heterocycles. The highest BCUT2D eigenvalue weighted by atomic mass is 15.3. The average Bonchev–Trinajstić information content (AvgIpc) is 2.82. The summed E-state index contributed by atoms with van der Waals surface area (Å²) in [7, 11) is 2.01. The highest BCUT2D eigenvalue weighted by molar-refractivity contribution is 5.10. The Morgan fingerprint density at radius 3 is 2.82 bits per heavy atom. The standard InChI is InChI=1S/C13H24N4/c1-9-5-4-6-12(9)13(15-14)8-11-7-10(2)16-17(11)3/h7,9,12-13,15H,4-6,8,14H2,1-3H3. The van der Waals surface area contributed by atoms with E-state index >= 15 is 0 Å². The number of nitrogens with zero attached hydrogens (tertiary/aromatic N) is 2. The molecule has 1 aromatic rings. The van der Waals surface area contributed by atoms with Crippen LogP contribution in [-0.2, 0) is 13.5 Å². The van der Waals surface area contributed by atoms with Gasteiger partial charge in [-0.15, -0.1) is 0 Å². The van der Waals surface area contributed by atoms with Crippen molar-refractivity contribution < 1.29 is 0 Å². The zero-order valence-electron chi connectivity index (χ0n) is 11.1. The molecule has 1 heterocycles. The molecule has 1 aliphatic carbocycles. The van der Waals surface area contributed by atoms with Crippen LogP contribution in [0.2, 0.25) is 0 Å². The number of nitrogens with two attached hydrogens (primary N) is 1. The highest BCUT2D eigenvalue weighted by Gasteiger charge is 2.30. The second-order valence-electron chi connectivity index (χ2n) is 5.45. The first-order valence-electron chi connectivity index (χ1n) is 6.57. The third kappa shape index (κ3) is 2.69. The topological polar surface area (TPSA) is 55.9 Å². The Hall–Kier alpha value is -0.870. The zero-order chi connectivity index (χ0) is 12.4. The van der Waals surface area contributed by atoms with Crippen molar-refractivity contribution in [3.63, 3.8) is 0 Å². The number of rotatable bonds is 4. The molecule has 1 saturated carbocycles. The number of hydrazine groups is 1. The summed E-state index contributed by atoms with van der Waals surface area (Å²) in [5, 5.41) is 4.39. The molecule has 1 aromatic heterocycles. The molecule has 1 aliphatic rings. The van der Waals surface area contributed by atoms with Gasteiger partial charge in [0.2, 0.25) is 0 Å². The molecule has 0 spiro atoms. The molecule has 0 aromatic carbocycles. The van der Waals surface area contributed by atoms with E-state index in [0.29, 0.717) is 12.0 Å². The van der Waals surface area contributed by atoms with Gasteiger partial charge in [0.1, 0.15) is 0 Å². The first-order chi connectivity index (χ1) is 8.11. The van der Waals surface area contributed by atoms with Crippen molar-refractivity contribution in [3.8, 4) is 0 Å². The lowest BCUT2D eigenvalue weighted by atomic mass is 9.88. The van der Waals surface area contributed by atoms with Gasteiger partial charge in [0.05, 0.1) is 5.69 Å². The van der Waals surface area contributed by atoms with Crippen molar-refractivity contribution in [2.75, 3.05) is 0 Å². The number of aromatic nitrogens is 2. The first kappa shape index (κ1) is 12.6. The number of aryl methyl sites for hydroxylation is 2. The summed E-state index contributed by atoms with van der Waals surface area (Å²) in [6.45, 7) is 4.38. The van der Waals surface area contributed by atoms with Crippen LogP contribution < -0.4 is 11.3 Å². The van der Waals surface area contributed by atoms with Gasteiger partial charge < -0.3 is 0 Å². The molecule has 4 nitrogen and oxygen atoms in total. The average molecular weight is 236 g/mol. The largest absolute Gasteiger partial charge is 0.272 e. The highest BCUT2D eigenvalue weighted by Crippen LogP contribution is 2.34. The molecule has 0 saturated heterocycles. The van der Waals surface area contributed by atoms with Crippen LogP contribution in [0.25, 0.3) is 0 Å². The molecule has 1 fully saturated rings. The Balaban J connectivity index is 2.07. The van der Waals surface area contributed by atoms with Crippen LogP contribution >= 0.6 is 0 Å². The normalized spacial score (nSPS) is 26.4. The van der Waals surface area contributed by atoms with Crippen molar-refractivity contribution in [2.24, 2.45) is 24.7 Å². The van der Waals surface area contributed by atoms with E-state index in [0.717, 1.165) is 18.0 Å². The maximum atomic E-state index is 5.74. The number of hydrogen-bond acceptors (Lipinski definition) is 3. The van der Waals surface area contributed by atoms with Gasteiger partial charge in [-0.2, -0.15) is 5.10 Å². The van der Waals surface area contributed by atoms with Crippen LogP contribution in [0, 0.1) is 18.8 Å². The quantitative estimate of drug-likeness (QED) is 0.616. The van der Waals surface area contributed by atoms with Crippen LogP contribution in [0.5, 0.6) is 0 Å². The molecule has 4 heteroatoms. The Morgan fingerprint density at radius 2 is 2.35 bits per heavy atom. The summed E-state index contributed by atoms with van der Waals surface area (Å²) in [6.07, 6.45) is 4.96. The summed E-state index contributed by atoms with van der Waals surface area (Å²) in [5.41, 5.74) is 5.37. The maximum absolute atomic E-state index is 5.74. The molecule has 3 unspecified atom stereocenters. The fraction of sp³-hybridized carbons (Fsp3) is 0.769. The Bertz CT molecular complexity index is 371. The molecule has 96 valence electrons. The van der Waals surface area contributed by atoms with Gasteiger partial charge >= 0.3 is 0 Å². The van der Waals surface area contributed by atoms with Crippen LogP contribution in [0.3, 0.4) is 0 Å². The zero-order valence-corrected chi connectivity index (χ0v) is 11.1. The van der Waals surface area contributed by atoms with Crippen LogP contribution in [0.15, 0.2) is 6.07 Å². The monoisotopic (exact) mass is 236 g/mol. The van der Waals surface area contributed by atoms with E-state index in [-0.39, 0.29) is 0 Å². The lowest BCUT2D eigenvalue weighted by Crippen LogP contribution is -2.43. The van der Waals surface area contributed by atoms with E-state index < -0.39 is 0 Å². The van der Waals surface area contributed by atoms with Crippen LogP contribution in [-0.4, -0.2) is 15.8 Å². The summed E-state index contributed by atoms with van der Waals surface area (Å²) in [5.74, 6) is 7.23. The van der Waals surface area contributed by atoms with Crippen molar-refractivity contribution in [3.05, 3.63) is 17.5 Å². The second kappa shape index (κ2) is 5.19. The summed E-state index contributed by atoms with van der Waals surface area (Å²) >= 11 is 0. The minimum Gasteiger partial charge on any atom is -0.272 e. The molecule has 2 rings (SSSR count). The van der Waals surface area contributed by atoms with E-state index in [4.69, 9.17) is 5.84 Å². The second-order valence-corrected chi connectivity index (χ2v) is 5.45. The molecule has 3 N–H and O–H groups in total. The number of hydrogen-bond donors (Lipinski definition) is 2. The predicted molar refractivity (Wildman–Crippen MR) is 69.3 cm³/mol. The van der Waals surface area contributed by atoms with Gasteiger partial charge in [-0.25, -0.2) is 0 Å². The van der Waals surface area contributed by atoms with E-state index in [1.807, 2.05) is 18.7 Å². The van der Waals surface area contributed by atoms with Crippen molar-refractivity contribution in [2.45, 2.75) is 45.6 Å². The first-order valence-corrected chi connectivity index (χ1v) is 6.57. The molecule has 0 bridgehead atoms. The molecule has 17 heavy (non-hydrogen) atoms. The Labute approximate surface area is 104 Å². The van der Waals surface area contributed by atoms with Gasteiger partial charge in [0.25, 0.3) is 0 Å². The predicted octanol–water partition coefficient (Wildman–Crippen LogP) is 1.54. The minimum absolute atomic E-state index is 0.377. The van der Waals surface area contributed by atoms with Crippen molar-refractivity contribution in [1.29, 1.82) is 0 Å². The summed E-state index contributed by atoms with van der Waals surface area (Å²) in [6, 6.07) is 2.53. The molecular weight excluding hydrogens is 212 g/mol. The van der Waals surface area contributed by atoms with E-state index in [9.17, 15) is 0 Å². The van der Waals surface area contributed by atoms with Crippen molar-refractivity contribution >= 4 is 0 Å². The lowest BCUT2D eigenvalue weighted by Gasteiger charge is -2.26. The van der Waals surface area contributed by atoms with Gasteiger partial charge in [0.15, 0.2) is 0 Å². The van der Waals surface area contributed by atoms with Gasteiger partial charge in [-0.1, -0.05) is 19.8 Å². The maximum Gasteiger partial charge on any atom is 0.0596 e. The molecule has 0 radical (unpaired) electrons. The van der Waals surface area contributed by atoms with Crippen LogP contribution in [0.4, 0.5) is 0 Å². The van der Waals surface area contributed by atoms with E-state index in [1.165, 1.54) is 25.0 Å². The summed E-state index contributed by atoms with van der Waals surface area (Å²) < 4.78 is 1.97. The molecule has 0 amide bonds. The fourth-order valence-corrected chi connectivity index (χ4v) is 3.19. The fourth-order valence-electron chi connectivity index (χ4n) is 3.19. The number of nitrogens with one attached hydrogen (secondary N) is 1. The molecular formula is C13H24N4. The third-order valence-electron chi connectivity index (χ3n) is 4.19. The SMILES string of the molecule is Cc1cc(CC(NN)C2CCCC2C)n(C)n1. The Morgan fingerprint density at radius 1 is 1.59 bits per heavy atom. The third-order valence-corrected chi connectivity index (χ3v) is 4.19. The Kier molecular flexibility index (Phi) is 3.84.